The first-order valence-electron chi connectivity index (χ1n) is 33.4. The standard InChI is InChI=1S/C88H76N4OS2/c1-85(2,3)53-39-54(86(4,5)6)42-63(41-53)91-75-29-21-19-27-65(75)67-35-31-59(45-77(67)91)89(57-23-15-13-16-24-57)61-33-37-69-73-49-79-71(51-83(73)94-81(69)47-61)72-52-84-74(50-80(72)93-79)70-38-34-62(48-82(70)95-84)90(58-25-17-14-18-26-58)60-32-36-68-66-28-20-22-30-76(66)92(78(68)46-60)64-43-55(87(7,8)9)40-56(44-64)88(10,11)12/h13-52H,1-12H3. The van der Waals surface area contributed by atoms with Gasteiger partial charge in [0.1, 0.15) is 11.2 Å². The Kier molecular flexibility index (Phi) is 13.2. The number of rotatable bonds is 8. The number of furan rings is 1. The zero-order chi connectivity index (χ0) is 65.2. The van der Waals surface area contributed by atoms with Crippen LogP contribution in [0.15, 0.2) is 247 Å². The molecule has 5 aromatic heterocycles. The van der Waals surface area contributed by atoms with Crippen LogP contribution in [0.4, 0.5) is 34.1 Å². The summed E-state index contributed by atoms with van der Waals surface area (Å²) in [7, 11) is 0. The fraction of sp³-hybridized carbons (Fsp3) is 0.182. The normalized spacial score (nSPS) is 12.8. The first-order valence-corrected chi connectivity index (χ1v) is 35.0. The molecular weight excluding hydrogens is 1190 g/mol. The average Bonchev–Trinajstić information content (AvgIpc) is 1.60. The minimum absolute atomic E-state index is 0.0253. The minimum atomic E-state index is -0.0253. The quantitative estimate of drug-likeness (QED) is 0.152. The fourth-order valence-electron chi connectivity index (χ4n) is 14.6. The van der Waals surface area contributed by atoms with Crippen LogP contribution in [-0.2, 0) is 21.7 Å². The molecule has 0 atom stereocenters. The third kappa shape index (κ3) is 9.83. The molecular formula is C88H76N4OS2. The van der Waals surface area contributed by atoms with Crippen LogP contribution < -0.4 is 9.80 Å². The Bertz CT molecular complexity index is 5530. The van der Waals surface area contributed by atoms with Crippen molar-refractivity contribution in [3.05, 3.63) is 265 Å². The molecule has 0 radical (unpaired) electrons. The molecule has 7 heteroatoms. The van der Waals surface area contributed by atoms with Crippen molar-refractivity contribution in [1.29, 1.82) is 0 Å². The van der Waals surface area contributed by atoms with Crippen LogP contribution in [0.1, 0.15) is 105 Å². The average molecular weight is 1270 g/mol. The summed E-state index contributed by atoms with van der Waals surface area (Å²) in [6.45, 7) is 27.9. The van der Waals surface area contributed by atoms with Crippen molar-refractivity contribution in [3.8, 4) is 11.4 Å². The van der Waals surface area contributed by atoms with Gasteiger partial charge in [-0.15, -0.1) is 22.7 Å². The second-order valence-electron chi connectivity index (χ2n) is 30.3. The van der Waals surface area contributed by atoms with Crippen LogP contribution in [0.2, 0.25) is 0 Å². The lowest BCUT2D eigenvalue weighted by Gasteiger charge is -2.27. The Labute approximate surface area is 563 Å². The second kappa shape index (κ2) is 21.3. The van der Waals surface area contributed by atoms with Gasteiger partial charge >= 0.3 is 0 Å². The third-order valence-electron chi connectivity index (χ3n) is 19.8. The highest BCUT2D eigenvalue weighted by Gasteiger charge is 2.27. The number of hydrogen-bond acceptors (Lipinski definition) is 5. The van der Waals surface area contributed by atoms with Gasteiger partial charge in [0.05, 0.1) is 22.1 Å². The van der Waals surface area contributed by atoms with Crippen molar-refractivity contribution in [1.82, 2.24) is 9.13 Å². The van der Waals surface area contributed by atoms with E-state index in [1.807, 2.05) is 22.7 Å². The first kappa shape index (κ1) is 58.9. The molecule has 5 heterocycles. The Morgan fingerprint density at radius 1 is 0.253 bits per heavy atom. The second-order valence-corrected chi connectivity index (χ2v) is 32.5. The summed E-state index contributed by atoms with van der Waals surface area (Å²) in [5.74, 6) is 0. The van der Waals surface area contributed by atoms with Crippen LogP contribution in [0.25, 0.3) is 117 Å². The summed E-state index contributed by atoms with van der Waals surface area (Å²) in [5, 5.41) is 12.1. The zero-order valence-corrected chi connectivity index (χ0v) is 57.7. The van der Waals surface area contributed by atoms with E-state index in [-0.39, 0.29) is 21.7 Å². The maximum Gasteiger partial charge on any atom is 0.136 e. The van der Waals surface area contributed by atoms with Gasteiger partial charge in [-0.05, 0) is 177 Å². The maximum atomic E-state index is 6.94. The molecule has 0 fully saturated rings. The van der Waals surface area contributed by atoms with E-state index >= 15 is 0 Å². The Morgan fingerprint density at radius 2 is 0.568 bits per heavy atom. The summed E-state index contributed by atoms with van der Waals surface area (Å²) in [6.07, 6.45) is 0. The lowest BCUT2D eigenvalue weighted by atomic mass is 9.80. The van der Waals surface area contributed by atoms with Gasteiger partial charge in [-0.1, -0.05) is 192 Å². The maximum absolute atomic E-state index is 6.94. The molecule has 0 spiro atoms. The van der Waals surface area contributed by atoms with Gasteiger partial charge in [0.2, 0.25) is 0 Å². The molecule has 0 saturated heterocycles. The number of anilines is 6. The van der Waals surface area contributed by atoms with Gasteiger partial charge in [0, 0.05) is 118 Å². The lowest BCUT2D eigenvalue weighted by molar-refractivity contribution is 0.567. The summed E-state index contributed by atoms with van der Waals surface area (Å²) in [4.78, 5) is 4.84. The van der Waals surface area contributed by atoms with E-state index < -0.39 is 0 Å². The molecule has 5 nitrogen and oxygen atoms in total. The summed E-state index contributed by atoms with van der Waals surface area (Å²) in [6, 6.07) is 91.3. The van der Waals surface area contributed by atoms with Gasteiger partial charge in [-0.3, -0.25) is 0 Å². The summed E-state index contributed by atoms with van der Waals surface area (Å²) < 4.78 is 16.9. The van der Waals surface area contributed by atoms with Crippen molar-refractivity contribution in [2.45, 2.75) is 105 Å². The molecule has 17 rings (SSSR count). The van der Waals surface area contributed by atoms with Gasteiger partial charge < -0.3 is 23.4 Å². The number of aromatic nitrogens is 2. The molecule has 17 aromatic rings. The van der Waals surface area contributed by atoms with E-state index in [9.17, 15) is 0 Å². The highest BCUT2D eigenvalue weighted by Crippen LogP contribution is 2.49. The lowest BCUT2D eigenvalue weighted by Crippen LogP contribution is -2.17. The molecule has 0 N–H and O–H groups in total. The van der Waals surface area contributed by atoms with Gasteiger partial charge in [0.25, 0.3) is 0 Å². The molecule has 0 unspecified atom stereocenters. The molecule has 0 aliphatic rings. The van der Waals surface area contributed by atoms with Crippen molar-refractivity contribution in [2.24, 2.45) is 0 Å². The molecule has 0 saturated carbocycles. The number of thiophene rings is 2. The Hall–Kier alpha value is -9.92. The topological polar surface area (TPSA) is 29.5 Å². The molecule has 0 amide bonds. The SMILES string of the molecule is CC(C)(C)c1cc(-n2c3ccccc3c3ccc(N(c4ccccc4)c4ccc5c(c4)sc4cc6c(cc45)oc4cc5c(cc46)sc4cc(N(c6ccccc6)c6ccc7c8ccccc8n(-c8cc(C(C)(C)C)cc(C(C)(C)C)c8)c7c6)ccc45)cc32)cc(C(C)(C)C)c1. The smallest absolute Gasteiger partial charge is 0.136 e. The molecule has 0 bridgehead atoms. The van der Waals surface area contributed by atoms with Gasteiger partial charge in [-0.2, -0.15) is 0 Å². The number of fused-ring (bicyclic) bond motifs is 15. The monoisotopic (exact) mass is 1270 g/mol. The van der Waals surface area contributed by atoms with E-state index in [2.05, 4.69) is 345 Å². The Morgan fingerprint density at radius 3 is 0.937 bits per heavy atom. The predicted octanol–water partition coefficient (Wildman–Crippen LogP) is 26.6. The highest BCUT2D eigenvalue weighted by atomic mass is 32.1. The summed E-state index contributed by atoms with van der Waals surface area (Å²) in [5.41, 5.74) is 20.8. The highest BCUT2D eigenvalue weighted by molar-refractivity contribution is 7.26. The minimum Gasteiger partial charge on any atom is -0.456 e. The number of nitrogens with zero attached hydrogens (tertiary/aromatic N) is 4. The van der Waals surface area contributed by atoms with E-state index in [0.717, 1.165) is 56.1 Å². The van der Waals surface area contributed by atoms with Crippen LogP contribution in [0, 0.1) is 0 Å². The molecule has 0 aliphatic carbocycles. The molecule has 12 aromatic carbocycles. The van der Waals surface area contributed by atoms with Crippen molar-refractivity contribution in [3.63, 3.8) is 0 Å². The van der Waals surface area contributed by atoms with Crippen LogP contribution in [0.3, 0.4) is 0 Å². The fourth-order valence-corrected chi connectivity index (χ4v) is 16.9. The van der Waals surface area contributed by atoms with Crippen molar-refractivity contribution < 1.29 is 4.42 Å². The van der Waals surface area contributed by atoms with Gasteiger partial charge in [0.15, 0.2) is 0 Å². The van der Waals surface area contributed by atoms with Crippen LogP contribution in [-0.4, -0.2) is 9.13 Å². The number of para-hydroxylation sites is 4. The van der Waals surface area contributed by atoms with Crippen molar-refractivity contribution in [2.75, 3.05) is 9.80 Å². The van der Waals surface area contributed by atoms with E-state index in [1.54, 1.807) is 0 Å². The molecule has 0 aliphatic heterocycles. The third-order valence-corrected chi connectivity index (χ3v) is 22.0. The largest absolute Gasteiger partial charge is 0.456 e. The van der Waals surface area contributed by atoms with E-state index in [1.165, 1.54) is 118 Å². The van der Waals surface area contributed by atoms with Crippen LogP contribution >= 0.6 is 22.7 Å². The zero-order valence-electron chi connectivity index (χ0n) is 56.1. The predicted molar refractivity (Wildman–Crippen MR) is 412 cm³/mol. The molecule has 466 valence electrons. The Balaban J connectivity index is 0.755. The number of hydrogen-bond donors (Lipinski definition) is 0. The van der Waals surface area contributed by atoms with Gasteiger partial charge in [-0.25, -0.2) is 0 Å². The number of benzene rings is 12. The van der Waals surface area contributed by atoms with E-state index in [0.29, 0.717) is 0 Å². The molecule has 95 heavy (non-hydrogen) atoms. The summed E-state index contributed by atoms with van der Waals surface area (Å²) >= 11 is 3.72. The van der Waals surface area contributed by atoms with Crippen LogP contribution in [0.5, 0.6) is 0 Å². The first-order chi connectivity index (χ1) is 45.6. The van der Waals surface area contributed by atoms with Crippen molar-refractivity contribution >= 4 is 163 Å². The van der Waals surface area contributed by atoms with E-state index in [4.69, 9.17) is 4.42 Å².